The summed E-state index contributed by atoms with van der Waals surface area (Å²) < 4.78 is 6.65. The van der Waals surface area contributed by atoms with Crippen LogP contribution in [-0.2, 0) is 16.2 Å². The van der Waals surface area contributed by atoms with Crippen LogP contribution < -0.4 is 31.1 Å². The quantitative estimate of drug-likeness (QED) is 0.165. The fourth-order valence-electron chi connectivity index (χ4n) is 12.4. The van der Waals surface area contributed by atoms with E-state index in [-0.39, 0.29) is 28.5 Å². The molecule has 64 heavy (non-hydrogen) atoms. The minimum absolute atomic E-state index is 0.0182. The zero-order valence-electron chi connectivity index (χ0n) is 38.9. The lowest BCUT2D eigenvalue weighted by atomic mass is 9.33. The van der Waals surface area contributed by atoms with E-state index in [9.17, 15) is 0 Å². The van der Waals surface area contributed by atoms with E-state index in [1.807, 2.05) is 0 Å². The molecular weight excluding hydrogens is 777 g/mol. The predicted molar refractivity (Wildman–Crippen MR) is 273 cm³/mol. The zero-order valence-corrected chi connectivity index (χ0v) is 38.9. The molecule has 2 atom stereocenters. The molecule has 0 spiro atoms. The van der Waals surface area contributed by atoms with Crippen LogP contribution >= 0.6 is 0 Å². The highest BCUT2D eigenvalue weighted by molar-refractivity contribution is 7.00. The minimum Gasteiger partial charge on any atom is -0.456 e. The zero-order chi connectivity index (χ0) is 44.1. The van der Waals surface area contributed by atoms with Gasteiger partial charge in [0.05, 0.1) is 5.54 Å². The van der Waals surface area contributed by atoms with Crippen LogP contribution in [0.3, 0.4) is 0 Å². The monoisotopic (exact) mass is 835 g/mol. The van der Waals surface area contributed by atoms with E-state index in [1.54, 1.807) is 0 Å². The van der Waals surface area contributed by atoms with Crippen molar-refractivity contribution in [2.45, 2.75) is 110 Å². The van der Waals surface area contributed by atoms with Gasteiger partial charge in [-0.25, -0.2) is 0 Å². The maximum atomic E-state index is 6.65. The van der Waals surface area contributed by atoms with Gasteiger partial charge in [-0.1, -0.05) is 128 Å². The van der Waals surface area contributed by atoms with E-state index < -0.39 is 0 Å². The molecule has 4 nitrogen and oxygen atoms in total. The summed E-state index contributed by atoms with van der Waals surface area (Å²) in [5.41, 5.74) is 21.1. The average Bonchev–Trinajstić information content (AvgIpc) is 3.74. The second kappa shape index (κ2) is 13.4. The van der Waals surface area contributed by atoms with Gasteiger partial charge < -0.3 is 19.1 Å². The minimum atomic E-state index is -0.0559. The number of aryl methyl sites for hydroxylation is 1. The van der Waals surface area contributed by atoms with Crippen molar-refractivity contribution in [2.75, 3.05) is 14.7 Å². The molecule has 0 amide bonds. The summed E-state index contributed by atoms with van der Waals surface area (Å²) in [7, 11) is 0. The number of rotatable bonds is 3. The topological polar surface area (TPSA) is 22.9 Å². The van der Waals surface area contributed by atoms with Gasteiger partial charge in [-0.15, -0.1) is 0 Å². The van der Waals surface area contributed by atoms with Crippen LogP contribution in [0.4, 0.5) is 45.5 Å². The first kappa shape index (κ1) is 39.4. The van der Waals surface area contributed by atoms with E-state index in [4.69, 9.17) is 4.42 Å². The van der Waals surface area contributed by atoms with Crippen LogP contribution in [0.2, 0.25) is 0 Å². The van der Waals surface area contributed by atoms with E-state index in [2.05, 4.69) is 217 Å². The van der Waals surface area contributed by atoms with Crippen LogP contribution in [0.15, 0.2) is 144 Å². The van der Waals surface area contributed by atoms with Crippen LogP contribution in [0.25, 0.3) is 21.9 Å². The Morgan fingerprint density at radius 2 is 1.16 bits per heavy atom. The van der Waals surface area contributed by atoms with Gasteiger partial charge in [0.25, 0.3) is 6.71 Å². The second-order valence-corrected chi connectivity index (χ2v) is 21.8. The molecule has 318 valence electrons. The molecule has 0 saturated heterocycles. The van der Waals surface area contributed by atoms with E-state index in [0.717, 1.165) is 34.0 Å². The Bertz CT molecular complexity index is 3220. The summed E-state index contributed by atoms with van der Waals surface area (Å²) in [5, 5.41) is 2.29. The molecule has 0 bridgehead atoms. The fraction of sp³-hybridized carbons (Fsp3) is 0.288. The van der Waals surface area contributed by atoms with Gasteiger partial charge in [0.15, 0.2) is 0 Å². The van der Waals surface area contributed by atoms with Gasteiger partial charge in [-0.05, 0) is 143 Å². The molecule has 0 radical (unpaired) electrons. The third-order valence-corrected chi connectivity index (χ3v) is 15.9. The maximum absolute atomic E-state index is 6.65. The van der Waals surface area contributed by atoms with Gasteiger partial charge in [-0.2, -0.15) is 0 Å². The summed E-state index contributed by atoms with van der Waals surface area (Å²) >= 11 is 0. The van der Waals surface area contributed by atoms with Crippen molar-refractivity contribution in [1.29, 1.82) is 0 Å². The van der Waals surface area contributed by atoms with Gasteiger partial charge in [0, 0.05) is 67.8 Å². The third-order valence-electron chi connectivity index (χ3n) is 15.9. The van der Waals surface area contributed by atoms with Crippen molar-refractivity contribution in [3.8, 4) is 0 Å². The summed E-state index contributed by atoms with van der Waals surface area (Å²) in [6, 6.07) is 53.5. The largest absolute Gasteiger partial charge is 0.456 e. The van der Waals surface area contributed by atoms with E-state index >= 15 is 0 Å². The molecule has 1 aliphatic carbocycles. The van der Waals surface area contributed by atoms with Crippen LogP contribution in [0.5, 0.6) is 0 Å². The number of nitrogens with zero attached hydrogens (tertiary/aromatic N) is 3. The predicted octanol–water partition coefficient (Wildman–Crippen LogP) is 14.3. The average molecular weight is 836 g/mol. The Kier molecular flexibility index (Phi) is 8.26. The summed E-state index contributed by atoms with van der Waals surface area (Å²) in [6.07, 6.45) is 4.87. The molecule has 1 fully saturated rings. The van der Waals surface area contributed by atoms with Crippen LogP contribution in [-0.4, -0.2) is 12.3 Å². The van der Waals surface area contributed by atoms with E-state index in [0.29, 0.717) is 0 Å². The Hall–Kier alpha value is -6.20. The molecule has 4 heterocycles. The number of benzene rings is 7. The second-order valence-electron chi connectivity index (χ2n) is 21.8. The Labute approximate surface area is 379 Å². The van der Waals surface area contributed by atoms with E-state index in [1.165, 1.54) is 97.7 Å². The van der Waals surface area contributed by atoms with Gasteiger partial charge in [0.1, 0.15) is 11.2 Å². The van der Waals surface area contributed by atoms with Gasteiger partial charge in [0.2, 0.25) is 0 Å². The lowest BCUT2D eigenvalue weighted by Gasteiger charge is -2.50. The van der Waals surface area contributed by atoms with Crippen molar-refractivity contribution in [3.63, 3.8) is 0 Å². The summed E-state index contributed by atoms with van der Waals surface area (Å²) in [5.74, 6) is 0. The van der Waals surface area contributed by atoms with Gasteiger partial charge in [-0.3, -0.25) is 0 Å². The van der Waals surface area contributed by atoms with Crippen LogP contribution in [0.1, 0.15) is 103 Å². The number of para-hydroxylation sites is 2. The molecule has 8 aromatic rings. The number of anilines is 8. The van der Waals surface area contributed by atoms with Crippen molar-refractivity contribution in [1.82, 2.24) is 0 Å². The highest BCUT2D eigenvalue weighted by atomic mass is 16.3. The van der Waals surface area contributed by atoms with Crippen molar-refractivity contribution in [2.24, 2.45) is 0 Å². The lowest BCUT2D eigenvalue weighted by molar-refractivity contribution is 0.195. The van der Waals surface area contributed by atoms with Crippen molar-refractivity contribution in [3.05, 3.63) is 162 Å². The normalized spacial score (nSPS) is 20.0. The first-order chi connectivity index (χ1) is 30.6. The SMILES string of the molecule is Cc1cc2c3c(c1)N(c1ccc4c(c1)oc1ccccc14)c1cc(N4c5ccccc5C5(C)CCCCC45C)ccc1B3c1cc(C(C)(C)C)ccc1N2c1ccc(C(C)(C)C)cc1. The molecule has 12 rings (SSSR count). The molecule has 1 aromatic heterocycles. The number of fused-ring (bicyclic) bond motifs is 10. The highest BCUT2D eigenvalue weighted by Gasteiger charge is 2.57. The first-order valence-corrected chi connectivity index (χ1v) is 23.6. The third kappa shape index (κ3) is 5.49. The lowest BCUT2D eigenvalue weighted by Crippen LogP contribution is -2.61. The highest BCUT2D eigenvalue weighted by Crippen LogP contribution is 2.61. The molecule has 7 aromatic carbocycles. The number of hydrogen-bond acceptors (Lipinski definition) is 4. The molecule has 4 aliphatic rings. The molecule has 5 heteroatoms. The molecule has 3 aliphatic heterocycles. The Morgan fingerprint density at radius 3 is 1.92 bits per heavy atom. The summed E-state index contributed by atoms with van der Waals surface area (Å²) in [6.45, 7) is 21.3. The van der Waals surface area contributed by atoms with Crippen LogP contribution in [0, 0.1) is 6.92 Å². The van der Waals surface area contributed by atoms with Crippen molar-refractivity contribution >= 4 is 90.5 Å². The Morgan fingerprint density at radius 1 is 0.516 bits per heavy atom. The molecule has 2 unspecified atom stereocenters. The molecule has 0 N–H and O–H groups in total. The number of hydrogen-bond donors (Lipinski definition) is 0. The molecule has 1 saturated carbocycles. The maximum Gasteiger partial charge on any atom is 0.252 e. The molecular formula is C59H58BN3O. The summed E-state index contributed by atoms with van der Waals surface area (Å²) in [4.78, 5) is 7.84. The fourth-order valence-corrected chi connectivity index (χ4v) is 12.4. The smallest absolute Gasteiger partial charge is 0.252 e. The first-order valence-electron chi connectivity index (χ1n) is 23.6. The van der Waals surface area contributed by atoms with Gasteiger partial charge >= 0.3 is 0 Å². The van der Waals surface area contributed by atoms with Crippen molar-refractivity contribution < 1.29 is 4.42 Å². The number of furan rings is 1. The standard InChI is InChI=1S/C59H58BN3O/c1-37-32-51-55-52(33-37)62(41-25-27-44-43-16-10-13-19-53(43)64-54(44)36-41)50-35-42(63-48-18-12-11-17-45(48)58(8)30-14-15-31-59(58,63)9)26-28-46(50)60(55)47-34-39(57(5,6)7)22-29-49(47)61(51)40-23-20-38(21-24-40)56(2,3)4/h10-13,16-29,32-36H,14-15,30-31H2,1-9H3. The Balaban J connectivity index is 1.14.